The molecule has 0 amide bonds. The van der Waals surface area contributed by atoms with Crippen LogP contribution in [-0.2, 0) is 0 Å². The molecule has 0 aliphatic heterocycles. The molecule has 0 radical (unpaired) electrons. The Kier molecular flexibility index (Phi) is 5.90. The fraction of sp³-hybridized carbons (Fsp3) is 0.600. The van der Waals surface area contributed by atoms with Crippen LogP contribution in [0.3, 0.4) is 0 Å². The molecule has 0 aromatic heterocycles. The highest BCUT2D eigenvalue weighted by Gasteiger charge is 2.11. The maximum Gasteiger partial charge on any atom is 0.0393 e. The Hall–Kier alpha value is -0.630. The van der Waals surface area contributed by atoms with Gasteiger partial charge in [0.05, 0.1) is 0 Å². The molecule has 2 heteroatoms. The number of hydrogen-bond acceptors (Lipinski definition) is 2. The van der Waals surface area contributed by atoms with Crippen molar-refractivity contribution in [1.82, 2.24) is 0 Å². The van der Waals surface area contributed by atoms with Crippen molar-refractivity contribution in [1.29, 1.82) is 0 Å². The Labute approximate surface area is 112 Å². The molecule has 1 unspecified atom stereocenters. The van der Waals surface area contributed by atoms with Crippen molar-refractivity contribution in [2.75, 3.05) is 24.2 Å². The Morgan fingerprint density at radius 3 is 2.53 bits per heavy atom. The van der Waals surface area contributed by atoms with Gasteiger partial charge in [0.25, 0.3) is 0 Å². The molecule has 0 heterocycles. The number of aryl methyl sites for hydroxylation is 2. The Balaban J connectivity index is 2.71. The first-order valence-electron chi connectivity index (χ1n) is 6.47. The van der Waals surface area contributed by atoms with E-state index in [1.807, 2.05) is 0 Å². The molecular formula is C15H25NS. The lowest BCUT2D eigenvalue weighted by Gasteiger charge is -2.26. The third kappa shape index (κ3) is 4.27. The van der Waals surface area contributed by atoms with E-state index in [1.165, 1.54) is 29.7 Å². The van der Waals surface area contributed by atoms with Gasteiger partial charge in [0.15, 0.2) is 0 Å². The average molecular weight is 251 g/mol. The summed E-state index contributed by atoms with van der Waals surface area (Å²) in [7, 11) is 2.18. The summed E-state index contributed by atoms with van der Waals surface area (Å²) < 4.78 is 0. The molecule has 0 bridgehead atoms. The zero-order valence-corrected chi connectivity index (χ0v) is 12.4. The summed E-state index contributed by atoms with van der Waals surface area (Å²) in [5, 5.41) is 0. The van der Waals surface area contributed by atoms with Crippen molar-refractivity contribution in [3.8, 4) is 0 Å². The predicted octanol–water partition coefficient (Wildman–Crippen LogP) is 4.09. The van der Waals surface area contributed by atoms with Crippen molar-refractivity contribution in [3.05, 3.63) is 29.3 Å². The van der Waals surface area contributed by atoms with Gasteiger partial charge in [-0.25, -0.2) is 0 Å². The lowest BCUT2D eigenvalue weighted by molar-refractivity contribution is 0.533. The van der Waals surface area contributed by atoms with Crippen LogP contribution in [-0.4, -0.2) is 19.3 Å². The van der Waals surface area contributed by atoms with Crippen LogP contribution in [0.5, 0.6) is 0 Å². The van der Waals surface area contributed by atoms with E-state index < -0.39 is 0 Å². The highest BCUT2D eigenvalue weighted by molar-refractivity contribution is 7.80. The molecule has 0 aliphatic rings. The quantitative estimate of drug-likeness (QED) is 0.745. The van der Waals surface area contributed by atoms with Gasteiger partial charge in [-0.3, -0.25) is 0 Å². The SMILES string of the molecule is CCCC(CS)CN(C)c1ccc(C)cc1C. The van der Waals surface area contributed by atoms with E-state index in [-0.39, 0.29) is 0 Å². The van der Waals surface area contributed by atoms with Crippen LogP contribution in [0, 0.1) is 19.8 Å². The molecule has 0 aliphatic carbocycles. The van der Waals surface area contributed by atoms with E-state index in [1.54, 1.807) is 0 Å². The number of nitrogens with zero attached hydrogens (tertiary/aromatic N) is 1. The molecule has 1 aromatic rings. The minimum absolute atomic E-state index is 0.689. The summed E-state index contributed by atoms with van der Waals surface area (Å²) in [6.45, 7) is 7.67. The third-order valence-corrected chi connectivity index (χ3v) is 3.77. The van der Waals surface area contributed by atoms with Crippen LogP contribution in [0.25, 0.3) is 0 Å². The van der Waals surface area contributed by atoms with Crippen molar-refractivity contribution >= 4 is 18.3 Å². The Morgan fingerprint density at radius 1 is 1.29 bits per heavy atom. The summed E-state index contributed by atoms with van der Waals surface area (Å²) in [6, 6.07) is 6.67. The number of thiol groups is 1. The third-order valence-electron chi connectivity index (χ3n) is 3.25. The van der Waals surface area contributed by atoms with Gasteiger partial charge in [-0.1, -0.05) is 31.0 Å². The van der Waals surface area contributed by atoms with Crippen LogP contribution < -0.4 is 4.90 Å². The van der Waals surface area contributed by atoms with Gasteiger partial charge in [-0.05, 0) is 43.6 Å². The van der Waals surface area contributed by atoms with Gasteiger partial charge in [0.1, 0.15) is 0 Å². The van der Waals surface area contributed by atoms with Crippen LogP contribution in [0.15, 0.2) is 18.2 Å². The predicted molar refractivity (Wildman–Crippen MR) is 81.4 cm³/mol. The molecule has 1 rings (SSSR count). The summed E-state index contributed by atoms with van der Waals surface area (Å²) in [5.41, 5.74) is 4.04. The first-order chi connectivity index (χ1) is 8.08. The second kappa shape index (κ2) is 6.95. The zero-order chi connectivity index (χ0) is 12.8. The molecule has 17 heavy (non-hydrogen) atoms. The van der Waals surface area contributed by atoms with Gasteiger partial charge in [-0.2, -0.15) is 12.6 Å². The number of hydrogen-bond donors (Lipinski definition) is 1. The second-order valence-electron chi connectivity index (χ2n) is 5.01. The maximum absolute atomic E-state index is 4.45. The molecule has 1 aromatic carbocycles. The first-order valence-corrected chi connectivity index (χ1v) is 7.11. The van der Waals surface area contributed by atoms with E-state index in [9.17, 15) is 0 Å². The topological polar surface area (TPSA) is 3.24 Å². The monoisotopic (exact) mass is 251 g/mol. The van der Waals surface area contributed by atoms with Gasteiger partial charge < -0.3 is 4.90 Å². The van der Waals surface area contributed by atoms with Gasteiger partial charge in [0.2, 0.25) is 0 Å². The molecule has 0 saturated heterocycles. The fourth-order valence-corrected chi connectivity index (χ4v) is 2.67. The van der Waals surface area contributed by atoms with E-state index in [0.29, 0.717) is 5.92 Å². The second-order valence-corrected chi connectivity index (χ2v) is 5.37. The fourth-order valence-electron chi connectivity index (χ4n) is 2.37. The molecule has 0 N–H and O–H groups in total. The highest BCUT2D eigenvalue weighted by Crippen LogP contribution is 2.22. The first kappa shape index (κ1) is 14.4. The largest absolute Gasteiger partial charge is 0.374 e. The molecule has 0 spiro atoms. The highest BCUT2D eigenvalue weighted by atomic mass is 32.1. The van der Waals surface area contributed by atoms with E-state index in [4.69, 9.17) is 0 Å². The number of rotatable bonds is 6. The molecule has 0 fully saturated rings. The van der Waals surface area contributed by atoms with E-state index >= 15 is 0 Å². The molecule has 1 nitrogen and oxygen atoms in total. The summed E-state index contributed by atoms with van der Waals surface area (Å²) in [4.78, 5) is 2.37. The van der Waals surface area contributed by atoms with Crippen LogP contribution in [0.4, 0.5) is 5.69 Å². The van der Waals surface area contributed by atoms with Crippen LogP contribution in [0.1, 0.15) is 30.9 Å². The smallest absolute Gasteiger partial charge is 0.0393 e. The Morgan fingerprint density at radius 2 is 2.00 bits per heavy atom. The van der Waals surface area contributed by atoms with Gasteiger partial charge >= 0.3 is 0 Å². The van der Waals surface area contributed by atoms with E-state index in [2.05, 4.69) is 63.5 Å². The summed E-state index contributed by atoms with van der Waals surface area (Å²) in [6.07, 6.45) is 2.50. The van der Waals surface area contributed by atoms with Crippen molar-refractivity contribution < 1.29 is 0 Å². The van der Waals surface area contributed by atoms with Crippen LogP contribution >= 0.6 is 12.6 Å². The summed E-state index contributed by atoms with van der Waals surface area (Å²) in [5.74, 6) is 1.66. The zero-order valence-electron chi connectivity index (χ0n) is 11.5. The number of benzene rings is 1. The Bertz CT molecular complexity index is 349. The normalized spacial score (nSPS) is 12.5. The maximum atomic E-state index is 4.45. The van der Waals surface area contributed by atoms with Gasteiger partial charge in [-0.15, -0.1) is 0 Å². The minimum Gasteiger partial charge on any atom is -0.374 e. The lowest BCUT2D eigenvalue weighted by atomic mass is 10.0. The average Bonchev–Trinajstić information content (AvgIpc) is 2.28. The van der Waals surface area contributed by atoms with E-state index in [0.717, 1.165) is 12.3 Å². The summed E-state index contributed by atoms with van der Waals surface area (Å²) >= 11 is 4.45. The molecule has 96 valence electrons. The van der Waals surface area contributed by atoms with Crippen LogP contribution in [0.2, 0.25) is 0 Å². The lowest BCUT2D eigenvalue weighted by Crippen LogP contribution is -2.27. The number of anilines is 1. The standard InChI is InChI=1S/C15H25NS/c1-5-6-14(11-17)10-16(4)15-8-7-12(2)9-13(15)3/h7-9,14,17H,5-6,10-11H2,1-4H3. The minimum atomic E-state index is 0.689. The van der Waals surface area contributed by atoms with Gasteiger partial charge in [0, 0.05) is 19.3 Å². The molecule has 1 atom stereocenters. The van der Waals surface area contributed by atoms with Crippen molar-refractivity contribution in [2.24, 2.45) is 5.92 Å². The van der Waals surface area contributed by atoms with Crippen molar-refractivity contribution in [2.45, 2.75) is 33.6 Å². The molecule has 0 saturated carbocycles. The molecular weight excluding hydrogens is 226 g/mol. The van der Waals surface area contributed by atoms with Crippen molar-refractivity contribution in [3.63, 3.8) is 0 Å².